The summed E-state index contributed by atoms with van der Waals surface area (Å²) in [5.74, 6) is 0.449. The first-order chi connectivity index (χ1) is 7.27. The van der Waals surface area contributed by atoms with Gasteiger partial charge >= 0.3 is 0 Å². The maximum atomic E-state index is 10.9. The standard InChI is InChI=1S/C11H16N2O2/c1-2-3-7-13-8-6-12-11(13)5-4-10(15)9-14/h4-6,8,14H,2-3,7,9H2,1H3/b5-4+. The highest BCUT2D eigenvalue weighted by Gasteiger charge is 1.99. The van der Waals surface area contributed by atoms with Gasteiger partial charge in [-0.1, -0.05) is 13.3 Å². The van der Waals surface area contributed by atoms with Gasteiger partial charge in [-0.05, 0) is 18.6 Å². The van der Waals surface area contributed by atoms with E-state index >= 15 is 0 Å². The lowest BCUT2D eigenvalue weighted by molar-refractivity contribution is -0.117. The van der Waals surface area contributed by atoms with Crippen LogP contribution >= 0.6 is 0 Å². The van der Waals surface area contributed by atoms with E-state index in [0.717, 1.165) is 25.2 Å². The minimum atomic E-state index is -0.452. The van der Waals surface area contributed by atoms with Crippen LogP contribution in [0.2, 0.25) is 0 Å². The number of carbonyl (C=O) groups excluding carboxylic acids is 1. The third kappa shape index (κ3) is 3.67. The highest BCUT2D eigenvalue weighted by molar-refractivity contribution is 5.93. The number of aryl methyl sites for hydroxylation is 1. The van der Waals surface area contributed by atoms with E-state index < -0.39 is 6.61 Å². The van der Waals surface area contributed by atoms with Crippen LogP contribution in [0, 0.1) is 0 Å². The van der Waals surface area contributed by atoms with Crippen molar-refractivity contribution in [3.8, 4) is 0 Å². The summed E-state index contributed by atoms with van der Waals surface area (Å²) >= 11 is 0. The smallest absolute Gasteiger partial charge is 0.181 e. The second-order valence-corrected chi connectivity index (χ2v) is 3.29. The molecule has 0 aliphatic rings. The van der Waals surface area contributed by atoms with Crippen LogP contribution in [-0.2, 0) is 11.3 Å². The van der Waals surface area contributed by atoms with E-state index in [-0.39, 0.29) is 5.78 Å². The molecule has 1 rings (SSSR count). The van der Waals surface area contributed by atoms with Gasteiger partial charge in [0.25, 0.3) is 0 Å². The summed E-state index contributed by atoms with van der Waals surface area (Å²) in [5.41, 5.74) is 0. The second-order valence-electron chi connectivity index (χ2n) is 3.29. The zero-order chi connectivity index (χ0) is 11.1. The van der Waals surface area contributed by atoms with Crippen LogP contribution in [0.1, 0.15) is 25.6 Å². The normalized spacial score (nSPS) is 11.1. The van der Waals surface area contributed by atoms with E-state index in [4.69, 9.17) is 5.11 Å². The molecule has 4 heteroatoms. The lowest BCUT2D eigenvalue weighted by atomic mass is 10.3. The Bertz CT molecular complexity index is 342. The molecule has 0 radical (unpaired) electrons. The maximum Gasteiger partial charge on any atom is 0.181 e. The lowest BCUT2D eigenvalue weighted by Crippen LogP contribution is -2.01. The predicted octanol–water partition coefficient (Wildman–Crippen LogP) is 1.26. The van der Waals surface area contributed by atoms with Gasteiger partial charge in [-0.25, -0.2) is 4.98 Å². The summed E-state index contributed by atoms with van der Waals surface area (Å²) in [6.07, 6.45) is 8.79. The third-order valence-corrected chi connectivity index (χ3v) is 2.07. The minimum absolute atomic E-state index is 0.306. The number of hydrogen-bond acceptors (Lipinski definition) is 3. The molecule has 0 unspecified atom stereocenters. The molecule has 1 aromatic rings. The van der Waals surface area contributed by atoms with Crippen LogP contribution in [0.4, 0.5) is 0 Å². The molecule has 0 amide bonds. The molecular weight excluding hydrogens is 192 g/mol. The molecule has 15 heavy (non-hydrogen) atoms. The number of aliphatic hydroxyl groups excluding tert-OH is 1. The summed E-state index contributed by atoms with van der Waals surface area (Å²) in [4.78, 5) is 15.0. The van der Waals surface area contributed by atoms with E-state index in [1.807, 2.05) is 10.8 Å². The molecule has 0 aromatic carbocycles. The van der Waals surface area contributed by atoms with Gasteiger partial charge in [0.15, 0.2) is 5.78 Å². The molecule has 0 bridgehead atoms. The molecule has 4 nitrogen and oxygen atoms in total. The van der Waals surface area contributed by atoms with E-state index in [0.29, 0.717) is 0 Å². The van der Waals surface area contributed by atoms with Gasteiger partial charge in [0, 0.05) is 18.9 Å². The van der Waals surface area contributed by atoms with Crippen molar-refractivity contribution in [3.05, 3.63) is 24.3 Å². The monoisotopic (exact) mass is 208 g/mol. The second kappa shape index (κ2) is 6.14. The van der Waals surface area contributed by atoms with Gasteiger partial charge in [0.05, 0.1) is 0 Å². The molecule has 82 valence electrons. The van der Waals surface area contributed by atoms with Crippen LogP contribution in [0.3, 0.4) is 0 Å². The topological polar surface area (TPSA) is 55.1 Å². The van der Waals surface area contributed by atoms with Crippen LogP contribution in [-0.4, -0.2) is 27.0 Å². The Morgan fingerprint density at radius 3 is 3.13 bits per heavy atom. The Morgan fingerprint density at radius 2 is 2.47 bits per heavy atom. The minimum Gasteiger partial charge on any atom is -0.388 e. The quantitative estimate of drug-likeness (QED) is 0.716. The summed E-state index contributed by atoms with van der Waals surface area (Å²) in [6, 6.07) is 0. The van der Waals surface area contributed by atoms with Crippen LogP contribution < -0.4 is 0 Å². The van der Waals surface area contributed by atoms with E-state index in [1.165, 1.54) is 6.08 Å². The average Bonchev–Trinajstić information content (AvgIpc) is 2.70. The van der Waals surface area contributed by atoms with Gasteiger partial charge in [-0.2, -0.15) is 0 Å². The van der Waals surface area contributed by atoms with Crippen molar-refractivity contribution >= 4 is 11.9 Å². The summed E-state index contributed by atoms with van der Waals surface area (Å²) in [6.45, 7) is 2.58. The SMILES string of the molecule is CCCCn1ccnc1/C=C/C(=O)CO. The highest BCUT2D eigenvalue weighted by atomic mass is 16.3. The Labute approximate surface area is 89.3 Å². The van der Waals surface area contributed by atoms with Crippen molar-refractivity contribution in [2.24, 2.45) is 0 Å². The number of nitrogens with zero attached hydrogens (tertiary/aromatic N) is 2. The van der Waals surface area contributed by atoms with Gasteiger partial charge in [0.2, 0.25) is 0 Å². The number of imidazole rings is 1. The summed E-state index contributed by atoms with van der Waals surface area (Å²) < 4.78 is 1.99. The largest absolute Gasteiger partial charge is 0.388 e. The first-order valence-electron chi connectivity index (χ1n) is 5.10. The Kier molecular flexibility index (Phi) is 4.77. The zero-order valence-electron chi connectivity index (χ0n) is 8.89. The number of rotatable bonds is 6. The van der Waals surface area contributed by atoms with E-state index in [9.17, 15) is 4.79 Å². The maximum absolute atomic E-state index is 10.9. The number of aromatic nitrogens is 2. The van der Waals surface area contributed by atoms with Gasteiger partial charge < -0.3 is 9.67 Å². The average molecular weight is 208 g/mol. The molecule has 0 fully saturated rings. The van der Waals surface area contributed by atoms with E-state index in [2.05, 4.69) is 11.9 Å². The van der Waals surface area contributed by atoms with Crippen molar-refractivity contribution in [3.63, 3.8) is 0 Å². The highest BCUT2D eigenvalue weighted by Crippen LogP contribution is 2.03. The number of carbonyl (C=O) groups is 1. The van der Waals surface area contributed by atoms with Crippen molar-refractivity contribution in [2.75, 3.05) is 6.61 Å². The number of hydrogen-bond donors (Lipinski definition) is 1. The molecular formula is C11H16N2O2. The predicted molar refractivity (Wildman–Crippen MR) is 58.3 cm³/mol. The molecule has 0 atom stereocenters. The molecule has 0 aliphatic heterocycles. The van der Waals surface area contributed by atoms with Crippen molar-refractivity contribution in [1.82, 2.24) is 9.55 Å². The third-order valence-electron chi connectivity index (χ3n) is 2.07. The molecule has 1 N–H and O–H groups in total. The van der Waals surface area contributed by atoms with E-state index in [1.54, 1.807) is 12.3 Å². The molecule has 0 spiro atoms. The number of unbranched alkanes of at least 4 members (excludes halogenated alkanes) is 1. The van der Waals surface area contributed by atoms with Gasteiger partial charge in [-0.3, -0.25) is 4.79 Å². The summed E-state index contributed by atoms with van der Waals surface area (Å²) in [7, 11) is 0. The number of ketones is 1. The first kappa shape index (κ1) is 11.7. The fourth-order valence-corrected chi connectivity index (χ4v) is 1.22. The molecule has 0 aliphatic carbocycles. The van der Waals surface area contributed by atoms with Crippen molar-refractivity contribution in [1.29, 1.82) is 0 Å². The first-order valence-corrected chi connectivity index (χ1v) is 5.10. The van der Waals surface area contributed by atoms with Crippen LogP contribution in [0.15, 0.2) is 18.5 Å². The fourth-order valence-electron chi connectivity index (χ4n) is 1.22. The molecule has 1 aromatic heterocycles. The summed E-state index contributed by atoms with van der Waals surface area (Å²) in [5, 5.41) is 8.55. The number of aliphatic hydroxyl groups is 1. The van der Waals surface area contributed by atoms with Crippen LogP contribution in [0.5, 0.6) is 0 Å². The van der Waals surface area contributed by atoms with Crippen molar-refractivity contribution in [2.45, 2.75) is 26.3 Å². The Morgan fingerprint density at radius 1 is 1.67 bits per heavy atom. The molecule has 0 saturated carbocycles. The van der Waals surface area contributed by atoms with Crippen LogP contribution in [0.25, 0.3) is 6.08 Å². The lowest BCUT2D eigenvalue weighted by Gasteiger charge is -2.02. The van der Waals surface area contributed by atoms with Gasteiger partial charge in [0.1, 0.15) is 12.4 Å². The molecule has 1 heterocycles. The Hall–Kier alpha value is -1.42. The zero-order valence-corrected chi connectivity index (χ0v) is 8.89. The van der Waals surface area contributed by atoms with Gasteiger partial charge in [-0.15, -0.1) is 0 Å². The fraction of sp³-hybridized carbons (Fsp3) is 0.455. The Balaban J connectivity index is 2.64. The molecule has 0 saturated heterocycles. The van der Waals surface area contributed by atoms with Crippen molar-refractivity contribution < 1.29 is 9.90 Å².